The van der Waals surface area contributed by atoms with Crippen molar-refractivity contribution < 1.29 is 9.59 Å². The summed E-state index contributed by atoms with van der Waals surface area (Å²) in [5.74, 6) is 0. The number of nitrogens with zero attached hydrogens (tertiary/aromatic N) is 1. The Hall–Kier alpha value is -1.64. The minimum Gasteiger partial charge on any atom is -0.391 e. The third-order valence-electron chi connectivity index (χ3n) is 6.35. The molecule has 2 bridgehead atoms. The van der Waals surface area contributed by atoms with E-state index in [0.717, 1.165) is 24.0 Å². The van der Waals surface area contributed by atoms with Crippen LogP contribution < -0.4 is 0 Å². The van der Waals surface area contributed by atoms with E-state index in [4.69, 9.17) is 0 Å². The summed E-state index contributed by atoms with van der Waals surface area (Å²) in [6.07, 6.45) is 1.08. The van der Waals surface area contributed by atoms with Crippen LogP contribution in [0.2, 0.25) is 0 Å². The molecule has 0 amide bonds. The number of hydrogen-bond acceptors (Lipinski definition) is 1. The predicted molar refractivity (Wildman–Crippen MR) is 88.5 cm³/mol. The van der Waals surface area contributed by atoms with E-state index in [2.05, 4.69) is 62.4 Å². The third-order valence-corrected chi connectivity index (χ3v) is 6.35. The van der Waals surface area contributed by atoms with Gasteiger partial charge in [0.1, 0.15) is 18.1 Å². The molecule has 2 aliphatic rings. The molecule has 2 nitrogen and oxygen atoms in total. The molecule has 0 aromatic heterocycles. The first-order valence-corrected chi connectivity index (χ1v) is 8.34. The molecule has 3 atom stereocenters. The maximum absolute atomic E-state index is 9.80. The fraction of sp³-hybridized carbons (Fsp3) is 0.400. The molecule has 0 radical (unpaired) electrons. The van der Waals surface area contributed by atoms with E-state index in [1.54, 1.807) is 0 Å². The molecular weight excluding hydrogens is 270 g/mol. The fourth-order valence-electron chi connectivity index (χ4n) is 5.35. The van der Waals surface area contributed by atoms with Gasteiger partial charge in [-0.3, -0.25) is 0 Å². The zero-order chi connectivity index (χ0) is 15.4. The van der Waals surface area contributed by atoms with Crippen molar-refractivity contribution in [2.24, 2.45) is 0 Å². The largest absolute Gasteiger partial charge is 0.391 e. The van der Waals surface area contributed by atoms with Gasteiger partial charge in [-0.05, 0) is 19.4 Å². The highest BCUT2D eigenvalue weighted by atomic mass is 16.3. The van der Waals surface area contributed by atoms with Gasteiger partial charge in [0.2, 0.25) is 0 Å². The number of aliphatic hydroxyl groups is 1. The van der Waals surface area contributed by atoms with Gasteiger partial charge in [-0.25, -0.2) is 0 Å². The van der Waals surface area contributed by atoms with Gasteiger partial charge in [0.25, 0.3) is 0 Å². The summed E-state index contributed by atoms with van der Waals surface area (Å²) >= 11 is 0. The fourth-order valence-corrected chi connectivity index (χ4v) is 5.35. The molecule has 0 saturated carbocycles. The Morgan fingerprint density at radius 1 is 1.09 bits per heavy atom. The van der Waals surface area contributed by atoms with E-state index in [1.807, 2.05) is 0 Å². The first-order chi connectivity index (χ1) is 10.7. The van der Waals surface area contributed by atoms with Crippen molar-refractivity contribution in [1.29, 1.82) is 0 Å². The molecular formula is C20H24NO+. The Balaban J connectivity index is 2.07. The molecule has 0 spiro atoms. The first-order valence-electron chi connectivity index (χ1n) is 8.34. The van der Waals surface area contributed by atoms with Crippen molar-refractivity contribution in [2.75, 3.05) is 19.7 Å². The first kappa shape index (κ1) is 14.0. The second-order valence-corrected chi connectivity index (χ2v) is 6.83. The zero-order valence-electron chi connectivity index (χ0n) is 13.4. The van der Waals surface area contributed by atoms with Crippen molar-refractivity contribution in [3.05, 3.63) is 70.8 Å². The molecule has 2 aliphatic heterocycles. The minimum absolute atomic E-state index is 0.0480. The average Bonchev–Trinajstić information content (AvgIpc) is 2.69. The Kier molecular flexibility index (Phi) is 2.97. The lowest BCUT2D eigenvalue weighted by Crippen LogP contribution is -2.62. The summed E-state index contributed by atoms with van der Waals surface area (Å²) in [7, 11) is 0. The van der Waals surface area contributed by atoms with Crippen molar-refractivity contribution in [2.45, 2.75) is 31.8 Å². The van der Waals surface area contributed by atoms with Crippen molar-refractivity contribution in [3.8, 4) is 0 Å². The number of benzene rings is 2. The summed E-state index contributed by atoms with van der Waals surface area (Å²) in [5, 5.41) is 9.80. The van der Waals surface area contributed by atoms with Crippen LogP contribution in [0.3, 0.4) is 0 Å². The molecule has 0 aliphatic carbocycles. The van der Waals surface area contributed by atoms with E-state index in [1.165, 1.54) is 22.3 Å². The van der Waals surface area contributed by atoms with E-state index in [-0.39, 0.29) is 12.1 Å². The predicted octanol–water partition coefficient (Wildman–Crippen LogP) is 3.39. The topological polar surface area (TPSA) is 20.2 Å². The third kappa shape index (κ3) is 1.42. The maximum Gasteiger partial charge on any atom is 0.149 e. The molecule has 22 heavy (non-hydrogen) atoms. The molecule has 1 N–H and O–H groups in total. The van der Waals surface area contributed by atoms with Gasteiger partial charge >= 0.3 is 0 Å². The lowest BCUT2D eigenvalue weighted by atomic mass is 9.78. The number of quaternary nitrogens is 1. The van der Waals surface area contributed by atoms with Crippen LogP contribution in [0.4, 0.5) is 0 Å². The van der Waals surface area contributed by atoms with Gasteiger partial charge in [0.15, 0.2) is 0 Å². The quantitative estimate of drug-likeness (QED) is 0.860. The van der Waals surface area contributed by atoms with Crippen LogP contribution in [0.25, 0.3) is 0 Å². The van der Waals surface area contributed by atoms with E-state index < -0.39 is 0 Å². The Labute approximate surface area is 132 Å². The van der Waals surface area contributed by atoms with Crippen LogP contribution in [-0.2, 0) is 12.0 Å². The smallest absolute Gasteiger partial charge is 0.149 e. The van der Waals surface area contributed by atoms with Crippen molar-refractivity contribution in [1.82, 2.24) is 0 Å². The molecule has 2 aromatic rings. The Morgan fingerprint density at radius 2 is 1.77 bits per heavy atom. The van der Waals surface area contributed by atoms with Gasteiger partial charge in [-0.15, -0.1) is 0 Å². The molecule has 0 fully saturated rings. The summed E-state index contributed by atoms with van der Waals surface area (Å²) in [6.45, 7) is 6.78. The zero-order valence-corrected chi connectivity index (χ0v) is 13.4. The number of fused-ring (bicyclic) bond motifs is 7. The van der Waals surface area contributed by atoms with Crippen LogP contribution in [-0.4, -0.2) is 29.3 Å². The number of hydrogen-bond donors (Lipinski definition) is 1. The van der Waals surface area contributed by atoms with Gasteiger partial charge in [-0.1, -0.05) is 48.5 Å². The molecule has 2 aromatic carbocycles. The van der Waals surface area contributed by atoms with E-state index >= 15 is 0 Å². The molecule has 4 rings (SSSR count). The highest BCUT2D eigenvalue weighted by Gasteiger charge is 2.63. The standard InChI is InChI=1S/C20H24NO/c1-3-21(12-13-22)19-14-15-8-4-6-10-17(15)20(21,2)18-11-7-5-9-16(18)19/h4-11,19,22H,3,12-14H2,1-2H3/q+1/t19-,20-,21+/m0/s1. The lowest BCUT2D eigenvalue weighted by Gasteiger charge is -2.54. The monoisotopic (exact) mass is 294 g/mol. The number of aliphatic hydroxyl groups excluding tert-OH is 1. The van der Waals surface area contributed by atoms with Gasteiger partial charge in [0.05, 0.1) is 13.2 Å². The SMILES string of the molecule is CC[N@@+]1(CCO)[C@H]2Cc3ccccc3[C@@]1(C)c1ccccc12. The molecule has 114 valence electrons. The molecule has 2 heteroatoms. The van der Waals surface area contributed by atoms with Gasteiger partial charge in [-0.2, -0.15) is 0 Å². The van der Waals surface area contributed by atoms with Crippen molar-refractivity contribution >= 4 is 0 Å². The second kappa shape index (κ2) is 4.68. The average molecular weight is 294 g/mol. The minimum atomic E-state index is -0.0480. The number of rotatable bonds is 3. The summed E-state index contributed by atoms with van der Waals surface area (Å²) in [4.78, 5) is 0. The molecule has 2 heterocycles. The normalized spacial score (nSPS) is 31.7. The summed E-state index contributed by atoms with van der Waals surface area (Å²) in [5.41, 5.74) is 5.82. The molecule has 0 unspecified atom stereocenters. The maximum atomic E-state index is 9.80. The Morgan fingerprint density at radius 3 is 2.50 bits per heavy atom. The van der Waals surface area contributed by atoms with Gasteiger partial charge < -0.3 is 9.59 Å². The van der Waals surface area contributed by atoms with E-state index in [9.17, 15) is 5.11 Å². The highest BCUT2D eigenvalue weighted by Crippen LogP contribution is 2.60. The van der Waals surface area contributed by atoms with Gasteiger partial charge in [0, 0.05) is 23.1 Å². The summed E-state index contributed by atoms with van der Waals surface area (Å²) < 4.78 is 0.958. The lowest BCUT2D eigenvalue weighted by molar-refractivity contribution is -0.996. The second-order valence-electron chi connectivity index (χ2n) is 6.83. The van der Waals surface area contributed by atoms with E-state index in [0.29, 0.717) is 6.04 Å². The van der Waals surface area contributed by atoms with Crippen LogP contribution >= 0.6 is 0 Å². The van der Waals surface area contributed by atoms with Crippen LogP contribution in [0, 0.1) is 0 Å². The van der Waals surface area contributed by atoms with Crippen molar-refractivity contribution in [3.63, 3.8) is 0 Å². The van der Waals surface area contributed by atoms with Crippen LogP contribution in [0.5, 0.6) is 0 Å². The Bertz CT molecular complexity index is 712. The number of likely N-dealkylation sites (N-methyl/N-ethyl adjacent to an activating group) is 1. The highest BCUT2D eigenvalue weighted by molar-refractivity contribution is 5.51. The molecule has 0 saturated heterocycles. The summed E-state index contributed by atoms with van der Waals surface area (Å²) in [6, 6.07) is 18.3. The van der Waals surface area contributed by atoms with Crippen LogP contribution in [0.1, 0.15) is 42.1 Å². The van der Waals surface area contributed by atoms with Crippen LogP contribution in [0.15, 0.2) is 48.5 Å².